The Morgan fingerprint density at radius 1 is 1.24 bits per heavy atom. The molecule has 6 nitrogen and oxygen atoms in total. The van der Waals surface area contributed by atoms with Crippen molar-refractivity contribution in [2.75, 3.05) is 59.5 Å². The Balaban J connectivity index is 1.73. The fraction of sp³-hybridized carbons (Fsp3) is 0.947. The average molecular weight is 354 g/mol. The second kappa shape index (κ2) is 11.0. The number of nitrogens with one attached hydrogen (secondary N) is 2. The molecule has 6 heteroatoms. The van der Waals surface area contributed by atoms with Crippen molar-refractivity contribution in [3.8, 4) is 0 Å². The topological polar surface area (TPSA) is 52.1 Å². The van der Waals surface area contributed by atoms with E-state index in [-0.39, 0.29) is 0 Å². The van der Waals surface area contributed by atoms with Gasteiger partial charge in [-0.3, -0.25) is 14.8 Å². The molecule has 2 aliphatic rings. The SMILES string of the molecule is CCN(CCNC(=NC)NCC(CC(C)C)N1CCOCC1)C1CC1. The molecule has 1 heterocycles. The first kappa shape index (κ1) is 20.5. The molecule has 0 amide bonds. The number of aliphatic imine (C=N–C) groups is 1. The van der Waals surface area contributed by atoms with Gasteiger partial charge in [0.25, 0.3) is 0 Å². The molecule has 146 valence electrons. The maximum Gasteiger partial charge on any atom is 0.191 e. The van der Waals surface area contributed by atoms with Crippen LogP contribution in [0.3, 0.4) is 0 Å². The molecule has 1 unspecified atom stereocenters. The van der Waals surface area contributed by atoms with E-state index in [2.05, 4.69) is 46.2 Å². The predicted octanol–water partition coefficient (Wildman–Crippen LogP) is 1.38. The molecule has 2 rings (SSSR count). The highest BCUT2D eigenvalue weighted by atomic mass is 16.5. The lowest BCUT2D eigenvalue weighted by Gasteiger charge is -2.35. The minimum absolute atomic E-state index is 0.543. The van der Waals surface area contributed by atoms with Gasteiger partial charge >= 0.3 is 0 Å². The van der Waals surface area contributed by atoms with E-state index in [4.69, 9.17) is 4.74 Å². The highest BCUT2D eigenvalue weighted by molar-refractivity contribution is 5.79. The van der Waals surface area contributed by atoms with E-state index in [0.717, 1.165) is 64.5 Å². The largest absolute Gasteiger partial charge is 0.379 e. The highest BCUT2D eigenvalue weighted by Gasteiger charge is 2.27. The van der Waals surface area contributed by atoms with Crippen molar-refractivity contribution in [3.05, 3.63) is 0 Å². The molecule has 0 radical (unpaired) electrons. The zero-order chi connectivity index (χ0) is 18.1. The zero-order valence-corrected chi connectivity index (χ0v) is 16.8. The van der Waals surface area contributed by atoms with E-state index >= 15 is 0 Å². The third-order valence-corrected chi connectivity index (χ3v) is 5.20. The smallest absolute Gasteiger partial charge is 0.191 e. The van der Waals surface area contributed by atoms with Crippen LogP contribution < -0.4 is 10.6 Å². The summed E-state index contributed by atoms with van der Waals surface area (Å²) < 4.78 is 5.51. The van der Waals surface area contributed by atoms with Gasteiger partial charge in [0.05, 0.1) is 13.2 Å². The summed E-state index contributed by atoms with van der Waals surface area (Å²) in [6.07, 6.45) is 3.95. The number of hydrogen-bond acceptors (Lipinski definition) is 4. The van der Waals surface area contributed by atoms with E-state index in [1.54, 1.807) is 0 Å². The first-order valence-corrected chi connectivity index (χ1v) is 10.1. The molecule has 1 saturated heterocycles. The van der Waals surface area contributed by atoms with Crippen molar-refractivity contribution >= 4 is 5.96 Å². The lowest BCUT2D eigenvalue weighted by atomic mass is 10.0. The molecule has 1 saturated carbocycles. The minimum Gasteiger partial charge on any atom is -0.379 e. The maximum absolute atomic E-state index is 5.51. The van der Waals surface area contributed by atoms with Crippen molar-refractivity contribution in [2.45, 2.75) is 52.1 Å². The van der Waals surface area contributed by atoms with Gasteiger partial charge in [-0.2, -0.15) is 0 Å². The standard InChI is InChI=1S/C19H39N5O/c1-5-23(17-6-7-17)9-8-21-19(20-4)22-15-18(14-16(2)3)24-10-12-25-13-11-24/h16-18H,5-15H2,1-4H3,(H2,20,21,22). The summed E-state index contributed by atoms with van der Waals surface area (Å²) in [5, 5.41) is 7.03. The first-order chi connectivity index (χ1) is 12.1. The van der Waals surface area contributed by atoms with Crippen molar-refractivity contribution in [1.29, 1.82) is 0 Å². The highest BCUT2D eigenvalue weighted by Crippen LogP contribution is 2.25. The van der Waals surface area contributed by atoms with Crippen LogP contribution in [0.5, 0.6) is 0 Å². The Labute approximate surface area is 154 Å². The monoisotopic (exact) mass is 353 g/mol. The molecular weight excluding hydrogens is 314 g/mol. The second-order valence-corrected chi connectivity index (χ2v) is 7.67. The van der Waals surface area contributed by atoms with Gasteiger partial charge in [-0.15, -0.1) is 0 Å². The summed E-state index contributed by atoms with van der Waals surface area (Å²) in [4.78, 5) is 9.53. The van der Waals surface area contributed by atoms with Crippen LogP contribution in [0.15, 0.2) is 4.99 Å². The first-order valence-electron chi connectivity index (χ1n) is 10.1. The van der Waals surface area contributed by atoms with Gasteiger partial charge in [0.2, 0.25) is 0 Å². The Hall–Kier alpha value is -0.850. The van der Waals surface area contributed by atoms with Crippen LogP contribution >= 0.6 is 0 Å². The molecule has 0 bridgehead atoms. The fourth-order valence-corrected chi connectivity index (χ4v) is 3.64. The third-order valence-electron chi connectivity index (χ3n) is 5.20. The zero-order valence-electron chi connectivity index (χ0n) is 16.8. The van der Waals surface area contributed by atoms with Gasteiger partial charge in [-0.1, -0.05) is 20.8 Å². The van der Waals surface area contributed by atoms with Crippen LogP contribution in [-0.4, -0.2) is 87.4 Å². The average Bonchev–Trinajstić information content (AvgIpc) is 3.45. The fourth-order valence-electron chi connectivity index (χ4n) is 3.64. The third kappa shape index (κ3) is 7.50. The molecule has 1 atom stereocenters. The van der Waals surface area contributed by atoms with Crippen molar-refractivity contribution < 1.29 is 4.74 Å². The Morgan fingerprint density at radius 3 is 2.52 bits per heavy atom. The molecule has 1 aliphatic heterocycles. The van der Waals surface area contributed by atoms with Crippen LogP contribution in [0.2, 0.25) is 0 Å². The summed E-state index contributed by atoms with van der Waals surface area (Å²) in [5.41, 5.74) is 0. The van der Waals surface area contributed by atoms with Gasteiger partial charge in [0.1, 0.15) is 0 Å². The molecule has 0 spiro atoms. The summed E-state index contributed by atoms with van der Waals surface area (Å²) >= 11 is 0. The molecule has 0 aromatic rings. The van der Waals surface area contributed by atoms with Crippen LogP contribution in [0.1, 0.15) is 40.0 Å². The van der Waals surface area contributed by atoms with Crippen molar-refractivity contribution in [2.24, 2.45) is 10.9 Å². The van der Waals surface area contributed by atoms with E-state index < -0.39 is 0 Å². The molecule has 25 heavy (non-hydrogen) atoms. The molecule has 0 aromatic heterocycles. The van der Waals surface area contributed by atoms with E-state index in [0.29, 0.717) is 12.0 Å². The summed E-state index contributed by atoms with van der Waals surface area (Å²) in [5.74, 6) is 1.62. The van der Waals surface area contributed by atoms with Crippen molar-refractivity contribution in [1.82, 2.24) is 20.4 Å². The number of hydrogen-bond donors (Lipinski definition) is 2. The van der Waals surface area contributed by atoms with Gasteiger partial charge in [-0.05, 0) is 31.7 Å². The quantitative estimate of drug-likeness (QED) is 0.459. The summed E-state index contributed by atoms with van der Waals surface area (Å²) in [7, 11) is 1.86. The minimum atomic E-state index is 0.543. The molecule has 2 fully saturated rings. The number of morpholine rings is 1. The number of guanidine groups is 1. The van der Waals surface area contributed by atoms with Gasteiger partial charge < -0.3 is 15.4 Å². The Bertz CT molecular complexity index is 391. The van der Waals surface area contributed by atoms with Crippen LogP contribution in [0.25, 0.3) is 0 Å². The van der Waals surface area contributed by atoms with Crippen LogP contribution in [-0.2, 0) is 4.74 Å². The van der Waals surface area contributed by atoms with Crippen LogP contribution in [0, 0.1) is 5.92 Å². The predicted molar refractivity (Wildman–Crippen MR) is 105 cm³/mol. The van der Waals surface area contributed by atoms with Gasteiger partial charge in [0, 0.05) is 51.9 Å². The van der Waals surface area contributed by atoms with Crippen LogP contribution in [0.4, 0.5) is 0 Å². The molecule has 1 aliphatic carbocycles. The second-order valence-electron chi connectivity index (χ2n) is 7.67. The normalized spacial score (nSPS) is 21.0. The lowest BCUT2D eigenvalue weighted by Crippen LogP contribution is -2.51. The summed E-state index contributed by atoms with van der Waals surface area (Å²) in [6, 6.07) is 1.37. The van der Waals surface area contributed by atoms with Gasteiger partial charge in [0.15, 0.2) is 5.96 Å². The number of ether oxygens (including phenoxy) is 1. The summed E-state index contributed by atoms with van der Waals surface area (Å²) in [6.45, 7) is 14.8. The van der Waals surface area contributed by atoms with Gasteiger partial charge in [-0.25, -0.2) is 0 Å². The Kier molecular flexibility index (Phi) is 8.99. The Morgan fingerprint density at radius 2 is 1.96 bits per heavy atom. The van der Waals surface area contributed by atoms with E-state index in [1.165, 1.54) is 19.3 Å². The number of nitrogens with zero attached hydrogens (tertiary/aromatic N) is 3. The molecule has 0 aromatic carbocycles. The number of rotatable bonds is 10. The maximum atomic E-state index is 5.51. The van der Waals surface area contributed by atoms with E-state index in [1.807, 2.05) is 7.05 Å². The number of likely N-dealkylation sites (N-methyl/N-ethyl adjacent to an activating group) is 1. The van der Waals surface area contributed by atoms with E-state index in [9.17, 15) is 0 Å². The van der Waals surface area contributed by atoms with Crippen molar-refractivity contribution in [3.63, 3.8) is 0 Å². The molecular formula is C19H39N5O. The lowest BCUT2D eigenvalue weighted by molar-refractivity contribution is 0.0132. The molecule has 2 N–H and O–H groups in total.